The van der Waals surface area contributed by atoms with Crippen LogP contribution in [0, 0.1) is 0 Å². The molecule has 0 fully saturated rings. The van der Waals surface area contributed by atoms with Gasteiger partial charge in [-0.05, 0) is 26.6 Å². The third kappa shape index (κ3) is 4.76. The molecule has 4 nitrogen and oxygen atoms in total. The summed E-state index contributed by atoms with van der Waals surface area (Å²) in [6.07, 6.45) is 1.75. The molecule has 1 atom stereocenters. The number of H-pyrrole nitrogens is 1. The summed E-state index contributed by atoms with van der Waals surface area (Å²) in [6.45, 7) is 3.93. The van der Waals surface area contributed by atoms with Crippen molar-refractivity contribution in [3.05, 3.63) is 34.2 Å². The smallest absolute Gasteiger partial charge is 0.247 e. The van der Waals surface area contributed by atoms with Gasteiger partial charge in [0.05, 0.1) is 0 Å². The molecular weight excluding hydrogens is 190 g/mol. The van der Waals surface area contributed by atoms with E-state index in [4.69, 9.17) is 0 Å². The third-order valence-electron chi connectivity index (χ3n) is 2.14. The van der Waals surface area contributed by atoms with E-state index in [0.29, 0.717) is 6.04 Å². The molecule has 15 heavy (non-hydrogen) atoms. The van der Waals surface area contributed by atoms with Gasteiger partial charge in [-0.25, -0.2) is 0 Å². The quantitative estimate of drug-likeness (QED) is 0.738. The number of hydrogen-bond donors (Lipinski definition) is 2. The van der Waals surface area contributed by atoms with Crippen LogP contribution in [0.15, 0.2) is 23.1 Å². The summed E-state index contributed by atoms with van der Waals surface area (Å²) in [4.78, 5) is 15.6. The highest BCUT2D eigenvalue weighted by Gasteiger charge is 2.02. The van der Waals surface area contributed by atoms with Gasteiger partial charge in [-0.1, -0.05) is 6.07 Å². The van der Waals surface area contributed by atoms with E-state index in [-0.39, 0.29) is 5.56 Å². The van der Waals surface area contributed by atoms with Crippen LogP contribution in [0.25, 0.3) is 0 Å². The van der Waals surface area contributed by atoms with Gasteiger partial charge in [0.15, 0.2) is 0 Å². The van der Waals surface area contributed by atoms with Crippen LogP contribution in [0.1, 0.15) is 12.5 Å². The fourth-order valence-corrected chi connectivity index (χ4v) is 1.46. The van der Waals surface area contributed by atoms with E-state index >= 15 is 0 Å². The Kier molecular flexibility index (Phi) is 4.52. The zero-order valence-corrected chi connectivity index (χ0v) is 9.58. The Bertz CT molecular complexity index is 325. The van der Waals surface area contributed by atoms with Crippen molar-refractivity contribution in [2.45, 2.75) is 19.5 Å². The molecule has 0 saturated carbocycles. The first-order valence-electron chi connectivity index (χ1n) is 5.13. The van der Waals surface area contributed by atoms with E-state index in [1.807, 2.05) is 6.07 Å². The summed E-state index contributed by atoms with van der Waals surface area (Å²) in [5.74, 6) is 0. The summed E-state index contributed by atoms with van der Waals surface area (Å²) in [6, 6.07) is 3.83. The van der Waals surface area contributed by atoms with Crippen molar-refractivity contribution >= 4 is 0 Å². The first kappa shape index (κ1) is 11.9. The lowest BCUT2D eigenvalue weighted by Gasteiger charge is -2.18. The van der Waals surface area contributed by atoms with Crippen molar-refractivity contribution in [3.8, 4) is 0 Å². The van der Waals surface area contributed by atoms with Crippen LogP contribution >= 0.6 is 0 Å². The minimum Gasteiger partial charge on any atom is -0.329 e. The first-order valence-corrected chi connectivity index (χ1v) is 5.13. The molecule has 0 saturated heterocycles. The van der Waals surface area contributed by atoms with Gasteiger partial charge in [0, 0.05) is 31.4 Å². The highest BCUT2D eigenvalue weighted by molar-refractivity contribution is 5.08. The van der Waals surface area contributed by atoms with E-state index in [9.17, 15) is 4.79 Å². The molecule has 1 aromatic heterocycles. The lowest BCUT2D eigenvalue weighted by Crippen LogP contribution is -2.35. The van der Waals surface area contributed by atoms with E-state index < -0.39 is 0 Å². The average molecular weight is 209 g/mol. The molecule has 0 amide bonds. The second kappa shape index (κ2) is 5.68. The van der Waals surface area contributed by atoms with Gasteiger partial charge in [-0.15, -0.1) is 0 Å². The van der Waals surface area contributed by atoms with Crippen LogP contribution in [0.4, 0.5) is 0 Å². The highest BCUT2D eigenvalue weighted by Crippen LogP contribution is 1.94. The molecule has 0 bridgehead atoms. The monoisotopic (exact) mass is 209 g/mol. The molecule has 0 radical (unpaired) electrons. The summed E-state index contributed by atoms with van der Waals surface area (Å²) in [7, 11) is 4.11. The number of nitrogens with zero attached hydrogens (tertiary/aromatic N) is 1. The third-order valence-corrected chi connectivity index (χ3v) is 2.14. The largest absolute Gasteiger partial charge is 0.329 e. The molecule has 0 aromatic carbocycles. The average Bonchev–Trinajstić information content (AvgIpc) is 2.16. The van der Waals surface area contributed by atoms with E-state index in [1.165, 1.54) is 0 Å². The van der Waals surface area contributed by atoms with Gasteiger partial charge in [0.1, 0.15) is 0 Å². The van der Waals surface area contributed by atoms with Gasteiger partial charge in [-0.3, -0.25) is 4.79 Å². The molecule has 0 aliphatic heterocycles. The maximum absolute atomic E-state index is 10.8. The van der Waals surface area contributed by atoms with Crippen molar-refractivity contribution in [2.75, 3.05) is 20.6 Å². The fourth-order valence-electron chi connectivity index (χ4n) is 1.46. The van der Waals surface area contributed by atoms with Crippen LogP contribution in [-0.2, 0) is 6.54 Å². The van der Waals surface area contributed by atoms with Crippen molar-refractivity contribution in [1.29, 1.82) is 0 Å². The van der Waals surface area contributed by atoms with E-state index in [1.54, 1.807) is 12.3 Å². The van der Waals surface area contributed by atoms with Crippen LogP contribution in [0.5, 0.6) is 0 Å². The standard InChI is InChI=1S/C11H19N3O/c1-9(8-14(2)3)12-6-10-4-5-11(15)13-7-10/h4-5,7,9,12H,6,8H2,1-3H3,(H,13,15). The summed E-state index contributed by atoms with van der Waals surface area (Å²) < 4.78 is 0. The molecule has 1 aromatic rings. The molecule has 4 heteroatoms. The minimum atomic E-state index is -0.0555. The zero-order valence-electron chi connectivity index (χ0n) is 9.58. The molecule has 1 unspecified atom stereocenters. The van der Waals surface area contributed by atoms with Gasteiger partial charge in [-0.2, -0.15) is 0 Å². The molecular formula is C11H19N3O. The van der Waals surface area contributed by atoms with Crippen molar-refractivity contribution < 1.29 is 0 Å². The molecule has 2 N–H and O–H groups in total. The Hall–Kier alpha value is -1.13. The van der Waals surface area contributed by atoms with Crippen molar-refractivity contribution in [3.63, 3.8) is 0 Å². The topological polar surface area (TPSA) is 48.1 Å². The van der Waals surface area contributed by atoms with Crippen LogP contribution < -0.4 is 10.9 Å². The Morgan fingerprint density at radius 1 is 1.47 bits per heavy atom. The van der Waals surface area contributed by atoms with Gasteiger partial charge in [0.2, 0.25) is 5.56 Å². The Labute approximate surface area is 90.3 Å². The van der Waals surface area contributed by atoms with E-state index in [0.717, 1.165) is 18.7 Å². The Morgan fingerprint density at radius 2 is 2.20 bits per heavy atom. The van der Waals surface area contributed by atoms with Crippen molar-refractivity contribution in [2.24, 2.45) is 0 Å². The molecule has 0 spiro atoms. The minimum absolute atomic E-state index is 0.0555. The lowest BCUT2D eigenvalue weighted by atomic mass is 10.2. The number of aromatic amines is 1. The second-order valence-corrected chi connectivity index (χ2v) is 4.11. The second-order valence-electron chi connectivity index (χ2n) is 4.11. The van der Waals surface area contributed by atoms with Gasteiger partial charge < -0.3 is 15.2 Å². The van der Waals surface area contributed by atoms with Crippen LogP contribution in [-0.4, -0.2) is 36.6 Å². The molecule has 1 heterocycles. The fraction of sp³-hybridized carbons (Fsp3) is 0.545. The Balaban J connectivity index is 2.36. The van der Waals surface area contributed by atoms with Gasteiger partial charge in [0.25, 0.3) is 0 Å². The predicted octanol–water partition coefficient (Wildman–Crippen LogP) is 0.415. The summed E-state index contributed by atoms with van der Waals surface area (Å²) >= 11 is 0. The molecule has 1 rings (SSSR count). The summed E-state index contributed by atoms with van der Waals surface area (Å²) in [5, 5.41) is 3.39. The lowest BCUT2D eigenvalue weighted by molar-refractivity contribution is 0.349. The molecule has 0 aliphatic rings. The number of likely N-dealkylation sites (N-methyl/N-ethyl adjacent to an activating group) is 1. The number of pyridine rings is 1. The number of hydrogen-bond acceptors (Lipinski definition) is 3. The van der Waals surface area contributed by atoms with Crippen LogP contribution in [0.2, 0.25) is 0 Å². The molecule has 84 valence electrons. The SMILES string of the molecule is CC(CN(C)C)NCc1ccc(=O)[nH]c1. The Morgan fingerprint density at radius 3 is 2.73 bits per heavy atom. The number of aromatic nitrogens is 1. The van der Waals surface area contributed by atoms with Crippen molar-refractivity contribution in [1.82, 2.24) is 15.2 Å². The molecule has 0 aliphatic carbocycles. The first-order chi connectivity index (χ1) is 7.08. The number of nitrogens with one attached hydrogen (secondary N) is 2. The predicted molar refractivity (Wildman–Crippen MR) is 61.9 cm³/mol. The van der Waals surface area contributed by atoms with Crippen LogP contribution in [0.3, 0.4) is 0 Å². The maximum Gasteiger partial charge on any atom is 0.247 e. The normalized spacial score (nSPS) is 13.1. The zero-order chi connectivity index (χ0) is 11.3. The maximum atomic E-state index is 10.8. The highest BCUT2D eigenvalue weighted by atomic mass is 16.1. The summed E-state index contributed by atoms with van der Waals surface area (Å²) in [5.41, 5.74) is 1.04. The van der Waals surface area contributed by atoms with Gasteiger partial charge >= 0.3 is 0 Å². The number of rotatable bonds is 5. The van der Waals surface area contributed by atoms with E-state index in [2.05, 4.69) is 36.2 Å².